The molecular formula is C11H15ClN4O2. The van der Waals surface area contributed by atoms with Crippen LogP contribution in [0.15, 0.2) is 4.42 Å². The molecule has 0 aromatic carbocycles. The summed E-state index contributed by atoms with van der Waals surface area (Å²) in [5, 5.41) is 10.9. The molecule has 0 aliphatic carbocycles. The molecule has 0 spiro atoms. The Morgan fingerprint density at radius 3 is 3.11 bits per heavy atom. The molecular weight excluding hydrogens is 256 g/mol. The zero-order chi connectivity index (χ0) is 12.5. The summed E-state index contributed by atoms with van der Waals surface area (Å²) < 4.78 is 5.46. The fourth-order valence-electron chi connectivity index (χ4n) is 2.71. The van der Waals surface area contributed by atoms with Gasteiger partial charge in [0.1, 0.15) is 5.88 Å². The molecule has 0 saturated carbocycles. The predicted octanol–water partition coefficient (Wildman–Crippen LogP) is 0.913. The number of nitrogens with zero attached hydrogens (tertiary/aromatic N) is 3. The summed E-state index contributed by atoms with van der Waals surface area (Å²) in [6.45, 7) is 1.68. The molecule has 1 aromatic heterocycles. The first-order chi connectivity index (χ1) is 8.76. The third-order valence-corrected chi connectivity index (χ3v) is 3.89. The minimum atomic E-state index is 0.173. The first-order valence-corrected chi connectivity index (χ1v) is 6.72. The van der Waals surface area contributed by atoms with Crippen molar-refractivity contribution < 1.29 is 9.21 Å². The first kappa shape index (κ1) is 11.8. The number of hydrogen-bond acceptors (Lipinski definition) is 5. The van der Waals surface area contributed by atoms with Gasteiger partial charge in [-0.15, -0.1) is 16.7 Å². The van der Waals surface area contributed by atoms with E-state index in [1.807, 2.05) is 0 Å². The van der Waals surface area contributed by atoms with Crippen molar-refractivity contribution in [1.82, 2.24) is 15.5 Å². The van der Waals surface area contributed by atoms with Crippen LogP contribution in [0.25, 0.3) is 0 Å². The summed E-state index contributed by atoms with van der Waals surface area (Å²) in [6, 6.07) is 0.846. The van der Waals surface area contributed by atoms with E-state index in [4.69, 9.17) is 16.0 Å². The topological polar surface area (TPSA) is 71.3 Å². The molecule has 2 atom stereocenters. The number of fused-ring (bicyclic) bond motifs is 1. The van der Waals surface area contributed by atoms with Crippen molar-refractivity contribution in [2.45, 2.75) is 31.2 Å². The van der Waals surface area contributed by atoms with Gasteiger partial charge in [0.05, 0.1) is 0 Å². The van der Waals surface area contributed by atoms with Gasteiger partial charge < -0.3 is 14.6 Å². The van der Waals surface area contributed by atoms with Gasteiger partial charge in [-0.2, -0.15) is 0 Å². The van der Waals surface area contributed by atoms with Crippen LogP contribution in [0.2, 0.25) is 0 Å². The third-order valence-electron chi connectivity index (χ3n) is 3.66. The molecule has 0 radical (unpaired) electrons. The summed E-state index contributed by atoms with van der Waals surface area (Å²) >= 11 is 5.64. The summed E-state index contributed by atoms with van der Waals surface area (Å²) in [6.07, 6.45) is 2.48. The molecule has 18 heavy (non-hydrogen) atoms. The van der Waals surface area contributed by atoms with Crippen molar-refractivity contribution in [1.29, 1.82) is 0 Å². The lowest BCUT2D eigenvalue weighted by atomic mass is 9.85. The molecule has 3 heterocycles. The number of rotatable bonds is 2. The Bertz CT molecular complexity index is 450. The zero-order valence-corrected chi connectivity index (χ0v) is 10.7. The van der Waals surface area contributed by atoms with Crippen molar-refractivity contribution in [3.8, 4) is 0 Å². The van der Waals surface area contributed by atoms with Crippen molar-refractivity contribution >= 4 is 23.5 Å². The number of hydrogen-bond donors (Lipinski definition) is 1. The molecule has 98 valence electrons. The maximum absolute atomic E-state index is 11.3. The van der Waals surface area contributed by atoms with Crippen molar-refractivity contribution in [2.24, 2.45) is 5.92 Å². The summed E-state index contributed by atoms with van der Waals surface area (Å²) in [5.74, 6) is 1.34. The van der Waals surface area contributed by atoms with E-state index in [0.29, 0.717) is 30.3 Å². The number of nitrogens with one attached hydrogen (secondary N) is 1. The lowest BCUT2D eigenvalue weighted by molar-refractivity contribution is -0.124. The largest absolute Gasteiger partial charge is 0.407 e. The molecule has 0 bridgehead atoms. The summed E-state index contributed by atoms with van der Waals surface area (Å²) in [4.78, 5) is 13.4. The van der Waals surface area contributed by atoms with Crippen LogP contribution in [0.4, 0.5) is 6.01 Å². The highest BCUT2D eigenvalue weighted by molar-refractivity contribution is 6.16. The molecule has 3 rings (SSSR count). The van der Waals surface area contributed by atoms with Gasteiger partial charge in [-0.25, -0.2) is 0 Å². The Morgan fingerprint density at radius 2 is 2.33 bits per heavy atom. The summed E-state index contributed by atoms with van der Waals surface area (Å²) in [5.41, 5.74) is 0. The van der Waals surface area contributed by atoms with E-state index in [2.05, 4.69) is 20.4 Å². The molecule has 2 fully saturated rings. The van der Waals surface area contributed by atoms with E-state index in [-0.39, 0.29) is 11.8 Å². The van der Waals surface area contributed by atoms with Gasteiger partial charge in [0, 0.05) is 25.6 Å². The van der Waals surface area contributed by atoms with Crippen molar-refractivity contribution in [3.05, 3.63) is 5.89 Å². The Labute approximate surface area is 110 Å². The number of amides is 1. The van der Waals surface area contributed by atoms with Crippen LogP contribution in [0.3, 0.4) is 0 Å². The van der Waals surface area contributed by atoms with E-state index in [9.17, 15) is 4.79 Å². The standard InChI is InChI=1S/C11H15ClN4O2/c12-5-10-14-15-11(18-10)16-4-3-8-7(6-16)1-2-9(17)13-8/h7-8H,1-6H2,(H,13,17). The fourth-order valence-corrected chi connectivity index (χ4v) is 2.82. The SMILES string of the molecule is O=C1CCC2CN(c3nnc(CCl)o3)CCC2N1. The number of carbonyl (C=O) groups excluding carboxylic acids is 1. The molecule has 2 aliphatic rings. The second kappa shape index (κ2) is 4.76. The van der Waals surface area contributed by atoms with Crippen LogP contribution in [-0.2, 0) is 10.7 Å². The van der Waals surface area contributed by atoms with Gasteiger partial charge in [-0.1, -0.05) is 5.10 Å². The molecule has 7 heteroatoms. The van der Waals surface area contributed by atoms with Gasteiger partial charge >= 0.3 is 6.01 Å². The monoisotopic (exact) mass is 270 g/mol. The van der Waals surface area contributed by atoms with Crippen LogP contribution in [0.1, 0.15) is 25.2 Å². The lowest BCUT2D eigenvalue weighted by Gasteiger charge is -2.40. The smallest absolute Gasteiger partial charge is 0.318 e. The average Bonchev–Trinajstić information content (AvgIpc) is 2.87. The quantitative estimate of drug-likeness (QED) is 0.809. The van der Waals surface area contributed by atoms with Crippen molar-refractivity contribution in [2.75, 3.05) is 18.0 Å². The highest BCUT2D eigenvalue weighted by Gasteiger charge is 2.35. The number of anilines is 1. The van der Waals surface area contributed by atoms with Crippen LogP contribution < -0.4 is 10.2 Å². The normalized spacial score (nSPS) is 27.8. The first-order valence-electron chi connectivity index (χ1n) is 6.19. The molecule has 2 unspecified atom stereocenters. The Balaban J connectivity index is 1.68. The number of aromatic nitrogens is 2. The second-order valence-electron chi connectivity index (χ2n) is 4.82. The highest BCUT2D eigenvalue weighted by atomic mass is 35.5. The Kier molecular flexibility index (Phi) is 3.11. The van der Waals surface area contributed by atoms with Crippen LogP contribution in [-0.4, -0.2) is 35.2 Å². The predicted molar refractivity (Wildman–Crippen MR) is 65.3 cm³/mol. The van der Waals surface area contributed by atoms with Gasteiger partial charge in [-0.3, -0.25) is 4.79 Å². The Hall–Kier alpha value is -1.30. The zero-order valence-electron chi connectivity index (χ0n) is 9.93. The van der Waals surface area contributed by atoms with Gasteiger partial charge in [-0.05, 0) is 18.8 Å². The van der Waals surface area contributed by atoms with E-state index < -0.39 is 0 Å². The van der Waals surface area contributed by atoms with Gasteiger partial charge in [0.15, 0.2) is 0 Å². The van der Waals surface area contributed by atoms with E-state index >= 15 is 0 Å². The number of carbonyl (C=O) groups is 1. The summed E-state index contributed by atoms with van der Waals surface area (Å²) in [7, 11) is 0. The number of halogens is 1. The molecule has 2 saturated heterocycles. The Morgan fingerprint density at radius 1 is 1.44 bits per heavy atom. The van der Waals surface area contributed by atoms with Crippen LogP contribution in [0.5, 0.6) is 0 Å². The minimum Gasteiger partial charge on any atom is -0.407 e. The van der Waals surface area contributed by atoms with Crippen LogP contribution in [0, 0.1) is 5.92 Å². The molecule has 1 aromatic rings. The lowest BCUT2D eigenvalue weighted by Crippen LogP contribution is -2.54. The molecule has 2 aliphatic heterocycles. The molecule has 1 amide bonds. The van der Waals surface area contributed by atoms with Crippen molar-refractivity contribution in [3.63, 3.8) is 0 Å². The maximum Gasteiger partial charge on any atom is 0.318 e. The maximum atomic E-state index is 11.3. The van der Waals surface area contributed by atoms with Crippen LogP contribution >= 0.6 is 11.6 Å². The average molecular weight is 271 g/mol. The minimum absolute atomic E-state index is 0.173. The highest BCUT2D eigenvalue weighted by Crippen LogP contribution is 2.28. The molecule has 1 N–H and O–H groups in total. The third kappa shape index (κ3) is 2.16. The number of alkyl halides is 1. The fraction of sp³-hybridized carbons (Fsp3) is 0.727. The number of piperidine rings is 2. The van der Waals surface area contributed by atoms with Gasteiger partial charge in [0.2, 0.25) is 11.8 Å². The van der Waals surface area contributed by atoms with Gasteiger partial charge in [0.25, 0.3) is 0 Å². The molecule has 6 nitrogen and oxygen atoms in total. The second-order valence-corrected chi connectivity index (χ2v) is 5.09. The van der Waals surface area contributed by atoms with E-state index in [1.165, 1.54) is 0 Å². The van der Waals surface area contributed by atoms with E-state index in [1.54, 1.807) is 0 Å². The van der Waals surface area contributed by atoms with E-state index in [0.717, 1.165) is 25.9 Å².